The first-order valence-corrected chi connectivity index (χ1v) is 13.6. The molecule has 0 amide bonds. The molecule has 0 saturated carbocycles. The Morgan fingerprint density at radius 3 is 2.31 bits per heavy atom. The van der Waals surface area contributed by atoms with Crippen LogP contribution >= 0.6 is 0 Å². The highest BCUT2D eigenvalue weighted by Gasteiger charge is 2.25. The van der Waals surface area contributed by atoms with Crippen molar-refractivity contribution in [2.45, 2.75) is 13.3 Å². The van der Waals surface area contributed by atoms with Crippen LogP contribution < -0.4 is 10.6 Å². The number of hydrogen-bond donors (Lipinski definition) is 0. The van der Waals surface area contributed by atoms with E-state index >= 15 is 0 Å². The zero-order valence-corrected chi connectivity index (χ0v) is 21.5. The summed E-state index contributed by atoms with van der Waals surface area (Å²) in [6.07, 6.45) is 5.90. The van der Waals surface area contributed by atoms with Crippen molar-refractivity contribution in [3.8, 4) is 17.2 Å². The van der Waals surface area contributed by atoms with E-state index in [4.69, 9.17) is 9.97 Å². The number of benzene rings is 3. The van der Waals surface area contributed by atoms with Crippen LogP contribution in [0.2, 0.25) is 0 Å². The highest BCUT2D eigenvalue weighted by molar-refractivity contribution is 6.23. The van der Waals surface area contributed by atoms with Gasteiger partial charge in [-0.05, 0) is 36.6 Å². The molecule has 4 heteroatoms. The predicted molar refractivity (Wildman–Crippen MR) is 161 cm³/mol. The number of hydrogen-bond acceptors (Lipinski definition) is 2. The smallest absolute Gasteiger partial charge is 0.162 e. The van der Waals surface area contributed by atoms with E-state index in [-0.39, 0.29) is 0 Å². The topological polar surface area (TPSA) is 35.1 Å². The molecule has 1 unspecified atom stereocenters. The number of fused-ring (bicyclic) bond motifs is 9. The van der Waals surface area contributed by atoms with Gasteiger partial charge in [0.25, 0.3) is 0 Å². The van der Waals surface area contributed by atoms with Gasteiger partial charge in [0.15, 0.2) is 5.82 Å². The molecule has 8 aromatic rings. The van der Waals surface area contributed by atoms with Crippen molar-refractivity contribution >= 4 is 61.3 Å². The first kappa shape index (κ1) is 21.0. The molecule has 0 bridgehead atoms. The Bertz CT molecular complexity index is 2370. The lowest BCUT2D eigenvalue weighted by Gasteiger charge is -2.13. The van der Waals surface area contributed by atoms with Gasteiger partial charge in [-0.2, -0.15) is 0 Å². The molecule has 5 aromatic heterocycles. The molecule has 1 atom stereocenters. The standard InChI is InChI=1S/C35H24N4/c1-21-18-19-26-30(20-21)39(35-25-14-7-8-15-27(25)36-34(37-35)22-10-3-2-4-11-22)33-31(26)29-17-9-16-28-23-12-5-6-13-24(23)32(33)38(28)29/h2-17,19-21H,18H2,1H3. The maximum atomic E-state index is 5.32. The summed E-state index contributed by atoms with van der Waals surface area (Å²) in [6, 6.07) is 34.2. The largest absolute Gasteiger partial charge is 0.306 e. The second kappa shape index (κ2) is 7.55. The number of aromatic nitrogens is 4. The predicted octanol–water partition coefficient (Wildman–Crippen LogP) is 6.84. The minimum Gasteiger partial charge on any atom is -0.306 e. The van der Waals surface area contributed by atoms with Crippen LogP contribution in [0.5, 0.6) is 0 Å². The molecule has 0 spiro atoms. The van der Waals surface area contributed by atoms with E-state index in [1.165, 1.54) is 48.8 Å². The minimum atomic E-state index is 0.451. The second-order valence-corrected chi connectivity index (χ2v) is 10.7. The molecule has 0 saturated heterocycles. The van der Waals surface area contributed by atoms with E-state index in [1.54, 1.807) is 0 Å². The summed E-state index contributed by atoms with van der Waals surface area (Å²) in [4.78, 5) is 10.3. The van der Waals surface area contributed by atoms with Crippen LogP contribution in [0.1, 0.15) is 13.3 Å². The Morgan fingerprint density at radius 1 is 0.692 bits per heavy atom. The Hall–Kier alpha value is -4.96. The van der Waals surface area contributed by atoms with E-state index < -0.39 is 0 Å². The molecule has 1 aliphatic rings. The third kappa shape index (κ3) is 2.73. The highest BCUT2D eigenvalue weighted by Crippen LogP contribution is 2.39. The number of para-hydroxylation sites is 1. The van der Waals surface area contributed by atoms with E-state index in [1.807, 2.05) is 18.2 Å². The Balaban J connectivity index is 1.56. The first-order chi connectivity index (χ1) is 19.3. The molecular weight excluding hydrogens is 476 g/mol. The quantitative estimate of drug-likeness (QED) is 0.261. The summed E-state index contributed by atoms with van der Waals surface area (Å²) in [6.45, 7) is 2.30. The molecule has 0 fully saturated rings. The van der Waals surface area contributed by atoms with Crippen molar-refractivity contribution in [2.24, 2.45) is 5.92 Å². The summed E-state index contributed by atoms with van der Waals surface area (Å²) in [5, 5.41) is 7.46. The summed E-state index contributed by atoms with van der Waals surface area (Å²) >= 11 is 0. The van der Waals surface area contributed by atoms with Crippen LogP contribution in [-0.2, 0) is 0 Å². The summed E-state index contributed by atoms with van der Waals surface area (Å²) < 4.78 is 4.89. The molecule has 5 heterocycles. The first-order valence-electron chi connectivity index (χ1n) is 13.6. The van der Waals surface area contributed by atoms with Crippen LogP contribution in [0.3, 0.4) is 0 Å². The maximum absolute atomic E-state index is 5.32. The summed E-state index contributed by atoms with van der Waals surface area (Å²) in [5.41, 5.74) is 6.95. The van der Waals surface area contributed by atoms with Gasteiger partial charge in [0.1, 0.15) is 5.82 Å². The van der Waals surface area contributed by atoms with Crippen molar-refractivity contribution in [3.05, 3.63) is 108 Å². The van der Waals surface area contributed by atoms with Crippen molar-refractivity contribution < 1.29 is 0 Å². The normalized spacial score (nSPS) is 15.4. The molecule has 4 nitrogen and oxygen atoms in total. The third-order valence-corrected chi connectivity index (χ3v) is 8.36. The summed E-state index contributed by atoms with van der Waals surface area (Å²) in [5.74, 6) is 2.13. The molecule has 0 N–H and O–H groups in total. The van der Waals surface area contributed by atoms with Gasteiger partial charge >= 0.3 is 0 Å². The lowest BCUT2D eigenvalue weighted by molar-refractivity contribution is 0.791. The van der Waals surface area contributed by atoms with Gasteiger partial charge in [0, 0.05) is 32.3 Å². The Kier molecular flexibility index (Phi) is 4.07. The number of rotatable bonds is 2. The average molecular weight is 501 g/mol. The molecule has 1 aliphatic carbocycles. The van der Waals surface area contributed by atoms with Crippen molar-refractivity contribution in [2.75, 3.05) is 0 Å². The fourth-order valence-corrected chi connectivity index (χ4v) is 6.69. The average Bonchev–Trinajstić information content (AvgIpc) is 3.61. The van der Waals surface area contributed by atoms with Gasteiger partial charge in [-0.15, -0.1) is 0 Å². The van der Waals surface area contributed by atoms with Crippen molar-refractivity contribution in [3.63, 3.8) is 0 Å². The van der Waals surface area contributed by atoms with Gasteiger partial charge < -0.3 is 4.40 Å². The van der Waals surface area contributed by atoms with Gasteiger partial charge in [0.05, 0.1) is 32.9 Å². The van der Waals surface area contributed by atoms with Crippen LogP contribution in [-0.4, -0.2) is 18.9 Å². The Labute approximate surface area is 224 Å². The highest BCUT2D eigenvalue weighted by atomic mass is 15.1. The fraction of sp³-hybridized carbons (Fsp3) is 0.0857. The van der Waals surface area contributed by atoms with E-state index in [0.717, 1.165) is 34.5 Å². The van der Waals surface area contributed by atoms with Crippen LogP contribution in [0.15, 0.2) is 97.1 Å². The number of pyridine rings is 1. The minimum absolute atomic E-state index is 0.451. The van der Waals surface area contributed by atoms with E-state index in [9.17, 15) is 0 Å². The lowest BCUT2D eigenvalue weighted by atomic mass is 10.0. The van der Waals surface area contributed by atoms with Crippen LogP contribution in [0.25, 0.3) is 78.5 Å². The van der Waals surface area contributed by atoms with Crippen LogP contribution in [0, 0.1) is 5.92 Å². The molecule has 39 heavy (non-hydrogen) atoms. The van der Waals surface area contributed by atoms with Gasteiger partial charge in [-0.1, -0.05) is 91.9 Å². The maximum Gasteiger partial charge on any atom is 0.162 e. The molecule has 0 aliphatic heterocycles. The van der Waals surface area contributed by atoms with E-state index in [0.29, 0.717) is 5.92 Å². The number of nitrogens with zero attached hydrogens (tertiary/aromatic N) is 4. The van der Waals surface area contributed by atoms with Gasteiger partial charge in [-0.3, -0.25) is 4.57 Å². The molecule has 3 aromatic carbocycles. The lowest BCUT2D eigenvalue weighted by Crippen LogP contribution is -2.32. The molecule has 184 valence electrons. The second-order valence-electron chi connectivity index (χ2n) is 10.7. The molecular formula is C35H24N4. The molecule has 0 radical (unpaired) electrons. The summed E-state index contributed by atoms with van der Waals surface area (Å²) in [7, 11) is 0. The monoisotopic (exact) mass is 500 g/mol. The van der Waals surface area contributed by atoms with Gasteiger partial charge in [-0.25, -0.2) is 9.97 Å². The molecule has 9 rings (SSSR count). The fourth-order valence-electron chi connectivity index (χ4n) is 6.69. The van der Waals surface area contributed by atoms with Gasteiger partial charge in [0.2, 0.25) is 0 Å². The van der Waals surface area contributed by atoms with E-state index in [2.05, 4.69) is 107 Å². The zero-order chi connectivity index (χ0) is 25.7. The Morgan fingerprint density at radius 2 is 1.44 bits per heavy atom. The third-order valence-electron chi connectivity index (χ3n) is 8.36. The zero-order valence-electron chi connectivity index (χ0n) is 21.5. The van der Waals surface area contributed by atoms with Crippen molar-refractivity contribution in [1.82, 2.24) is 18.9 Å². The SMILES string of the molecule is CC1C=c2c(c3c(c4c5ccccc5c5cccc3n54)n2-c2nc(-c3ccccc3)nc3ccccc23)=CC1. The van der Waals surface area contributed by atoms with Crippen LogP contribution in [0.4, 0.5) is 0 Å². The van der Waals surface area contributed by atoms with Crippen molar-refractivity contribution in [1.29, 1.82) is 0 Å².